The van der Waals surface area contributed by atoms with Crippen LogP contribution < -0.4 is 87.7 Å². The molecule has 10 heteroatoms. The minimum Gasteiger partial charge on any atom is -1.00 e. The molecule has 0 saturated carbocycles. The molecule has 138 valence electrons. The fourth-order valence-electron chi connectivity index (χ4n) is 2.51. The normalized spacial score (nSPS) is 6.86. The molecule has 3 aromatic rings. The first-order valence-electron chi connectivity index (χ1n) is 6.60. The zero-order valence-electron chi connectivity index (χ0n) is 15.1. The van der Waals surface area contributed by atoms with Gasteiger partial charge in [-0.3, -0.25) is 0 Å². The summed E-state index contributed by atoms with van der Waals surface area (Å²) in [7, 11) is 0. The monoisotopic (exact) mass is 540 g/mol. The summed E-state index contributed by atoms with van der Waals surface area (Å²) in [5.74, 6) is 0. The fourth-order valence-corrected chi connectivity index (χ4v) is 5.49. The van der Waals surface area contributed by atoms with Crippen molar-refractivity contribution in [2.24, 2.45) is 0 Å². The molecule has 0 radical (unpaired) electrons. The van der Waals surface area contributed by atoms with Gasteiger partial charge in [0.1, 0.15) is 0 Å². The van der Waals surface area contributed by atoms with Crippen LogP contribution in [0, 0.1) is 0 Å². The van der Waals surface area contributed by atoms with Crippen molar-refractivity contribution >= 4 is 96.6 Å². The van der Waals surface area contributed by atoms with Crippen molar-refractivity contribution in [1.82, 2.24) is 0 Å². The van der Waals surface area contributed by atoms with E-state index in [4.69, 9.17) is 0 Å². The molecule has 0 aliphatic heterocycles. The molecule has 0 N–H and O–H groups in total. The molecule has 0 aliphatic carbocycles. The van der Waals surface area contributed by atoms with Gasteiger partial charge in [0.2, 0.25) is 0 Å². The van der Waals surface area contributed by atoms with Gasteiger partial charge in [0, 0.05) is 0 Å². The maximum atomic E-state index is 2.26. The van der Waals surface area contributed by atoms with Gasteiger partial charge in [-0.25, -0.2) is 0 Å². The number of hydrogen-bond donors (Lipinski definition) is 0. The van der Waals surface area contributed by atoms with Crippen LogP contribution in [0.1, 0.15) is 0 Å². The van der Waals surface area contributed by atoms with Crippen molar-refractivity contribution in [2.45, 2.75) is 0 Å². The topological polar surface area (TPSA) is 0 Å². The molecule has 0 aliphatic rings. The molecule has 0 amide bonds. The van der Waals surface area contributed by atoms with E-state index in [2.05, 4.69) is 91.0 Å². The Balaban J connectivity index is -0.0000000980. The Labute approximate surface area is 258 Å². The Morgan fingerprint density at radius 1 is 0.321 bits per heavy atom. The summed E-state index contributed by atoms with van der Waals surface area (Å²) in [5.41, 5.74) is 0. The summed E-state index contributed by atoms with van der Waals surface area (Å²) < 4.78 is 4.42. The van der Waals surface area contributed by atoms with Gasteiger partial charge in [-0.15, -0.1) is 0 Å². The van der Waals surface area contributed by atoms with Crippen LogP contribution in [0.2, 0.25) is 0 Å². The summed E-state index contributed by atoms with van der Waals surface area (Å²) in [4.78, 5) is 0. The third-order valence-electron chi connectivity index (χ3n) is 3.40. The third-order valence-corrected chi connectivity index (χ3v) is 6.55. The second-order valence-electron chi connectivity index (χ2n) is 4.67. The number of rotatable bonds is 3. The van der Waals surface area contributed by atoms with Crippen LogP contribution in [0.5, 0.6) is 0 Å². The Hall–Kier alpha value is 2.23. The van der Waals surface area contributed by atoms with Crippen molar-refractivity contribution in [3.8, 4) is 0 Å². The molecule has 0 saturated heterocycles. The fraction of sp³-hybridized carbons (Fsp3) is 0. The van der Waals surface area contributed by atoms with E-state index in [0.717, 1.165) is 0 Å². The average molecular weight is 544 g/mol. The van der Waals surface area contributed by atoms with Gasteiger partial charge < -0.3 is 74.4 Å². The number of halogens is 6. The van der Waals surface area contributed by atoms with Crippen LogP contribution >= 0.6 is 0 Å². The molecular formula is C18H15AlCl6Mg3. The second-order valence-corrected chi connectivity index (χ2v) is 7.53. The van der Waals surface area contributed by atoms with Gasteiger partial charge in [-0.1, -0.05) is 104 Å². The van der Waals surface area contributed by atoms with E-state index in [9.17, 15) is 0 Å². The van der Waals surface area contributed by atoms with E-state index in [1.54, 1.807) is 0 Å². The van der Waals surface area contributed by atoms with Crippen LogP contribution in [-0.2, 0) is 0 Å². The van der Waals surface area contributed by atoms with Crippen LogP contribution in [0.25, 0.3) is 0 Å². The third kappa shape index (κ3) is 14.3. The van der Waals surface area contributed by atoms with Crippen LogP contribution in [0.3, 0.4) is 0 Å². The van der Waals surface area contributed by atoms with Crippen molar-refractivity contribution in [2.75, 3.05) is 0 Å². The standard InChI is InChI=1S/3C6H5.Al.6ClH.3Mg/c3*1-2-4-6-5-3-1;;;;;;;;;;/h3*1-5H;;6*1H;;;/q;;;;;;;;;;3*+2/p-6. The molecular weight excluding hydrogens is 529 g/mol. The zero-order valence-corrected chi connectivity index (χ0v) is 25.1. The van der Waals surface area contributed by atoms with E-state index >= 15 is 0 Å². The smallest absolute Gasteiger partial charge is 1.00 e. The summed E-state index contributed by atoms with van der Waals surface area (Å²) in [5, 5.41) is 0. The molecule has 0 fully saturated rings. The average Bonchev–Trinajstić information content (AvgIpc) is 2.51. The van der Waals surface area contributed by atoms with Crippen LogP contribution in [0.4, 0.5) is 0 Å². The van der Waals surface area contributed by atoms with E-state index in [1.807, 2.05) is 0 Å². The Morgan fingerprint density at radius 2 is 0.500 bits per heavy atom. The van der Waals surface area contributed by atoms with E-state index < -0.39 is 14.1 Å². The molecule has 0 bridgehead atoms. The van der Waals surface area contributed by atoms with Crippen LogP contribution in [0.15, 0.2) is 91.0 Å². The van der Waals surface area contributed by atoms with E-state index in [0.29, 0.717) is 0 Å². The predicted molar refractivity (Wildman–Crippen MR) is 101 cm³/mol. The first-order chi connectivity index (χ1) is 9.45. The molecule has 0 nitrogen and oxygen atoms in total. The van der Waals surface area contributed by atoms with Gasteiger partial charge >= 0.3 is 83.3 Å². The zero-order chi connectivity index (χ0) is 12.9. The van der Waals surface area contributed by atoms with Crippen LogP contribution in [-0.4, -0.2) is 83.3 Å². The van der Waals surface area contributed by atoms with Gasteiger partial charge in [0.05, 0.1) is 0 Å². The summed E-state index contributed by atoms with van der Waals surface area (Å²) in [6.45, 7) is 0. The van der Waals surface area contributed by atoms with Gasteiger partial charge in [0.25, 0.3) is 0 Å². The Kier molecular flexibility index (Phi) is 46.6. The summed E-state index contributed by atoms with van der Waals surface area (Å²) in [6.07, 6.45) is 0. The number of hydrogen-bond acceptors (Lipinski definition) is 0. The van der Waals surface area contributed by atoms with Crippen molar-refractivity contribution in [1.29, 1.82) is 0 Å². The first kappa shape index (κ1) is 47.9. The molecule has 0 heterocycles. The molecule has 0 aromatic heterocycles. The largest absolute Gasteiger partial charge is 2.00 e. The summed E-state index contributed by atoms with van der Waals surface area (Å²) >= 11 is -1.31. The maximum Gasteiger partial charge on any atom is 2.00 e. The quantitative estimate of drug-likeness (QED) is 0.288. The SMILES string of the molecule is [Cl-].[Cl-].[Cl-].[Cl-].[Cl-].[Cl-].[Mg+2].[Mg+2].[Mg+2].c1cc[c]([Al]([c]2ccccc2)[c]2ccccc2)cc1. The molecule has 28 heavy (non-hydrogen) atoms. The molecule has 3 rings (SSSR count). The summed E-state index contributed by atoms with van der Waals surface area (Å²) in [6, 6.07) is 32.7. The van der Waals surface area contributed by atoms with Crippen molar-refractivity contribution < 1.29 is 74.4 Å². The Bertz CT molecular complexity index is 557. The van der Waals surface area contributed by atoms with Gasteiger partial charge in [-0.2, -0.15) is 0 Å². The number of benzene rings is 3. The molecule has 0 spiro atoms. The van der Waals surface area contributed by atoms with E-state index in [-0.39, 0.29) is 144 Å². The van der Waals surface area contributed by atoms with E-state index in [1.165, 1.54) is 13.3 Å². The van der Waals surface area contributed by atoms with Gasteiger partial charge in [0.15, 0.2) is 0 Å². The minimum absolute atomic E-state index is 0. The molecule has 3 aromatic carbocycles. The minimum atomic E-state index is -1.31. The maximum absolute atomic E-state index is 2.26. The second kappa shape index (κ2) is 27.3. The van der Waals surface area contributed by atoms with Crippen molar-refractivity contribution in [3.05, 3.63) is 91.0 Å². The first-order valence-corrected chi connectivity index (χ1v) is 8.33. The van der Waals surface area contributed by atoms with Crippen molar-refractivity contribution in [3.63, 3.8) is 0 Å². The van der Waals surface area contributed by atoms with Gasteiger partial charge in [-0.05, 0) is 0 Å². The molecule has 0 atom stereocenters. The predicted octanol–water partition coefficient (Wildman–Crippen LogP) is -16.9. The molecule has 0 unspecified atom stereocenters. The Morgan fingerprint density at radius 3 is 0.679 bits per heavy atom.